The fourth-order valence-electron chi connectivity index (χ4n) is 3.59. The Morgan fingerprint density at radius 3 is 1.81 bits per heavy atom. The Hall–Kier alpha value is -2.16. The number of hydrogen-bond donors (Lipinski definition) is 1. The largest absolute Gasteiger partial charge is 0.491 e. The van der Waals surface area contributed by atoms with E-state index < -0.39 is 6.10 Å². The van der Waals surface area contributed by atoms with Crippen LogP contribution in [0.5, 0.6) is 11.5 Å². The standard InChI is InChI=1S/C29H44O7/c1-6-7-16-33-17-18-34-19-25(30)20-35-26-12-8-23(9-13-26)29(2,3)24-10-14-27(15-11-24)36-22-28(32-5)21-31-4/h8-15,25,28,30H,6-7,16-22H2,1-5H3. The lowest BCUT2D eigenvalue weighted by molar-refractivity contribution is -0.0111. The summed E-state index contributed by atoms with van der Waals surface area (Å²) in [5.74, 6) is 1.51. The van der Waals surface area contributed by atoms with Gasteiger partial charge in [0.15, 0.2) is 0 Å². The van der Waals surface area contributed by atoms with Crippen molar-refractivity contribution in [2.24, 2.45) is 0 Å². The number of unbranched alkanes of at least 4 members (excludes halogenated alkanes) is 1. The molecule has 0 heterocycles. The van der Waals surface area contributed by atoms with Gasteiger partial charge in [-0.15, -0.1) is 0 Å². The Morgan fingerprint density at radius 2 is 1.28 bits per heavy atom. The van der Waals surface area contributed by atoms with E-state index in [1.165, 1.54) is 5.56 Å². The van der Waals surface area contributed by atoms with Crippen molar-refractivity contribution in [1.82, 2.24) is 0 Å². The highest BCUT2D eigenvalue weighted by Gasteiger charge is 2.23. The summed E-state index contributed by atoms with van der Waals surface area (Å²) in [5.41, 5.74) is 2.14. The summed E-state index contributed by atoms with van der Waals surface area (Å²) in [4.78, 5) is 0. The number of hydrogen-bond acceptors (Lipinski definition) is 7. The highest BCUT2D eigenvalue weighted by molar-refractivity contribution is 5.41. The smallest absolute Gasteiger partial charge is 0.119 e. The fourth-order valence-corrected chi connectivity index (χ4v) is 3.59. The molecule has 7 nitrogen and oxygen atoms in total. The lowest BCUT2D eigenvalue weighted by atomic mass is 9.78. The van der Waals surface area contributed by atoms with Crippen LogP contribution in [0.15, 0.2) is 48.5 Å². The van der Waals surface area contributed by atoms with Crippen LogP contribution < -0.4 is 9.47 Å². The molecule has 0 saturated carbocycles. The average Bonchev–Trinajstić information content (AvgIpc) is 2.89. The van der Waals surface area contributed by atoms with Gasteiger partial charge >= 0.3 is 0 Å². The molecule has 0 bridgehead atoms. The van der Waals surface area contributed by atoms with Gasteiger partial charge in [-0.2, -0.15) is 0 Å². The van der Waals surface area contributed by atoms with E-state index in [-0.39, 0.29) is 24.7 Å². The second-order valence-electron chi connectivity index (χ2n) is 9.30. The molecule has 0 amide bonds. The molecule has 2 aromatic carbocycles. The summed E-state index contributed by atoms with van der Waals surface area (Å²) in [5, 5.41) is 10.1. The Kier molecular flexibility index (Phi) is 13.8. The molecule has 0 aliphatic carbocycles. The SMILES string of the molecule is CCCCOCCOCC(O)COc1ccc(C(C)(C)c2ccc(OCC(COC)OC)cc2)cc1. The van der Waals surface area contributed by atoms with Crippen molar-refractivity contribution in [3.05, 3.63) is 59.7 Å². The minimum absolute atomic E-state index is 0.101. The van der Waals surface area contributed by atoms with Crippen molar-refractivity contribution in [3.8, 4) is 11.5 Å². The molecule has 0 aliphatic rings. The number of rotatable bonds is 19. The van der Waals surface area contributed by atoms with Crippen LogP contribution in [-0.4, -0.2) is 77.8 Å². The molecule has 36 heavy (non-hydrogen) atoms. The van der Waals surface area contributed by atoms with Crippen molar-refractivity contribution >= 4 is 0 Å². The summed E-state index contributed by atoms with van der Waals surface area (Å²) < 4.78 is 32.9. The lowest BCUT2D eigenvalue weighted by Gasteiger charge is -2.26. The molecule has 2 unspecified atom stereocenters. The van der Waals surface area contributed by atoms with Gasteiger partial charge in [0.25, 0.3) is 0 Å². The zero-order valence-electron chi connectivity index (χ0n) is 22.5. The van der Waals surface area contributed by atoms with E-state index in [2.05, 4.69) is 45.0 Å². The Balaban J connectivity index is 1.80. The summed E-state index contributed by atoms with van der Waals surface area (Å²) in [6, 6.07) is 16.1. The van der Waals surface area contributed by atoms with E-state index in [1.54, 1.807) is 14.2 Å². The Morgan fingerprint density at radius 1 is 0.722 bits per heavy atom. The van der Waals surface area contributed by atoms with Crippen LogP contribution in [0.2, 0.25) is 0 Å². The molecular weight excluding hydrogens is 460 g/mol. The lowest BCUT2D eigenvalue weighted by Crippen LogP contribution is -2.25. The van der Waals surface area contributed by atoms with Gasteiger partial charge in [0, 0.05) is 26.2 Å². The van der Waals surface area contributed by atoms with Gasteiger partial charge in [0.1, 0.15) is 36.9 Å². The second kappa shape index (κ2) is 16.6. The minimum atomic E-state index is -0.689. The fraction of sp³-hybridized carbons (Fsp3) is 0.586. The first-order chi connectivity index (χ1) is 17.4. The number of aliphatic hydroxyl groups is 1. The van der Waals surface area contributed by atoms with Crippen LogP contribution in [0.3, 0.4) is 0 Å². The normalized spacial score (nSPS) is 13.4. The molecule has 202 valence electrons. The first-order valence-corrected chi connectivity index (χ1v) is 12.7. The Labute approximate surface area is 216 Å². The Bertz CT molecular complexity index is 821. The predicted octanol–water partition coefficient (Wildman–Crippen LogP) is 4.63. The predicted molar refractivity (Wildman–Crippen MR) is 141 cm³/mol. The van der Waals surface area contributed by atoms with Crippen molar-refractivity contribution in [3.63, 3.8) is 0 Å². The number of methoxy groups -OCH3 is 2. The zero-order chi connectivity index (χ0) is 26.2. The van der Waals surface area contributed by atoms with Crippen LogP contribution >= 0.6 is 0 Å². The molecule has 0 saturated heterocycles. The number of benzene rings is 2. The van der Waals surface area contributed by atoms with Crippen molar-refractivity contribution < 1.29 is 33.5 Å². The summed E-state index contributed by atoms with van der Waals surface area (Å²) >= 11 is 0. The summed E-state index contributed by atoms with van der Waals surface area (Å²) in [6.45, 7) is 9.59. The van der Waals surface area contributed by atoms with Gasteiger partial charge in [0.05, 0.1) is 26.4 Å². The summed E-state index contributed by atoms with van der Waals surface area (Å²) in [7, 11) is 3.30. The molecule has 1 N–H and O–H groups in total. The van der Waals surface area contributed by atoms with Crippen LogP contribution in [0.25, 0.3) is 0 Å². The molecule has 2 atom stereocenters. The second-order valence-corrected chi connectivity index (χ2v) is 9.30. The highest BCUT2D eigenvalue weighted by Crippen LogP contribution is 2.33. The monoisotopic (exact) mass is 504 g/mol. The third-order valence-electron chi connectivity index (χ3n) is 6.04. The average molecular weight is 505 g/mol. The molecular formula is C29H44O7. The topological polar surface area (TPSA) is 75.6 Å². The van der Waals surface area contributed by atoms with Crippen molar-refractivity contribution in [1.29, 1.82) is 0 Å². The quantitative estimate of drug-likeness (QED) is 0.280. The van der Waals surface area contributed by atoms with Crippen molar-refractivity contribution in [2.45, 2.75) is 51.2 Å². The molecule has 2 aromatic rings. The molecule has 2 rings (SSSR count). The number of aliphatic hydroxyl groups excluding tert-OH is 1. The maximum atomic E-state index is 10.1. The van der Waals surface area contributed by atoms with Gasteiger partial charge < -0.3 is 33.5 Å². The van der Waals surface area contributed by atoms with Gasteiger partial charge in [-0.3, -0.25) is 0 Å². The van der Waals surface area contributed by atoms with Crippen LogP contribution in [0.1, 0.15) is 44.7 Å². The zero-order valence-corrected chi connectivity index (χ0v) is 22.5. The molecule has 0 radical (unpaired) electrons. The molecule has 0 spiro atoms. The first-order valence-electron chi connectivity index (χ1n) is 12.7. The van der Waals surface area contributed by atoms with Crippen LogP contribution in [-0.2, 0) is 24.4 Å². The molecule has 0 fully saturated rings. The third-order valence-corrected chi connectivity index (χ3v) is 6.04. The van der Waals surface area contributed by atoms with E-state index in [4.69, 9.17) is 28.4 Å². The summed E-state index contributed by atoms with van der Waals surface area (Å²) in [6.07, 6.45) is 1.38. The molecule has 0 aliphatic heterocycles. The van der Waals surface area contributed by atoms with Gasteiger partial charge in [0.2, 0.25) is 0 Å². The third kappa shape index (κ3) is 10.4. The maximum absolute atomic E-state index is 10.1. The van der Waals surface area contributed by atoms with Gasteiger partial charge in [-0.1, -0.05) is 51.5 Å². The highest BCUT2D eigenvalue weighted by atomic mass is 16.6. The molecule has 0 aromatic heterocycles. The van der Waals surface area contributed by atoms with Crippen LogP contribution in [0, 0.1) is 0 Å². The van der Waals surface area contributed by atoms with E-state index in [9.17, 15) is 5.11 Å². The molecule has 7 heteroatoms. The first kappa shape index (κ1) is 30.1. The van der Waals surface area contributed by atoms with Crippen molar-refractivity contribution in [2.75, 3.05) is 60.5 Å². The van der Waals surface area contributed by atoms with Crippen LogP contribution in [0.4, 0.5) is 0 Å². The maximum Gasteiger partial charge on any atom is 0.119 e. The van der Waals surface area contributed by atoms with E-state index in [1.807, 2.05) is 24.3 Å². The van der Waals surface area contributed by atoms with Gasteiger partial charge in [-0.25, -0.2) is 0 Å². The number of ether oxygens (including phenoxy) is 6. The van der Waals surface area contributed by atoms with E-state index in [0.29, 0.717) is 32.2 Å². The van der Waals surface area contributed by atoms with Gasteiger partial charge in [-0.05, 0) is 41.8 Å². The van der Waals surface area contributed by atoms with E-state index >= 15 is 0 Å². The van der Waals surface area contributed by atoms with E-state index in [0.717, 1.165) is 30.8 Å². The minimum Gasteiger partial charge on any atom is -0.491 e.